The molecular formula is C25H29FN4O8. The van der Waals surface area contributed by atoms with Crippen molar-refractivity contribution in [2.45, 2.75) is 38.3 Å². The highest BCUT2D eigenvalue weighted by Crippen LogP contribution is 2.52. The molecule has 0 saturated heterocycles. The van der Waals surface area contributed by atoms with Gasteiger partial charge in [-0.2, -0.15) is 0 Å². The molecule has 0 aromatic heterocycles. The van der Waals surface area contributed by atoms with E-state index < -0.39 is 86.7 Å². The fourth-order valence-electron chi connectivity index (χ4n) is 5.67. The molecule has 9 N–H and O–H groups in total. The Hall–Kier alpha value is -3.81. The molecular weight excluding hydrogens is 503 g/mol. The Bertz CT molecular complexity index is 1330. The molecule has 0 bridgehead atoms. The van der Waals surface area contributed by atoms with Gasteiger partial charge in [-0.15, -0.1) is 0 Å². The molecule has 0 radical (unpaired) electrons. The van der Waals surface area contributed by atoms with E-state index in [4.69, 9.17) is 11.5 Å². The van der Waals surface area contributed by atoms with Crippen LogP contribution >= 0.6 is 0 Å². The minimum absolute atomic E-state index is 0.0417. The van der Waals surface area contributed by atoms with Gasteiger partial charge in [0.2, 0.25) is 11.7 Å². The predicted molar refractivity (Wildman–Crippen MR) is 131 cm³/mol. The first-order chi connectivity index (χ1) is 17.8. The van der Waals surface area contributed by atoms with E-state index in [1.54, 1.807) is 4.90 Å². The van der Waals surface area contributed by atoms with Crippen LogP contribution in [-0.2, 0) is 25.6 Å². The number of phenols is 1. The summed E-state index contributed by atoms with van der Waals surface area (Å²) in [5.41, 5.74) is 5.83. The van der Waals surface area contributed by atoms with Crippen LogP contribution in [0, 0.1) is 17.7 Å². The molecule has 1 aromatic rings. The average Bonchev–Trinajstić information content (AvgIpc) is 2.85. The smallest absolute Gasteiger partial charge is 0.255 e. The Labute approximate surface area is 216 Å². The summed E-state index contributed by atoms with van der Waals surface area (Å²) in [4.78, 5) is 52.2. The SMILES string of the molecule is CCN(CC)CC(=O)Nc1cc(F)c2c(c1O)C(O)=C1C(=O)[C@]3(O)C(O)=C(C(N)=O)C(=O)[C@@H](N)[C@@H]3C[C@@H]1C2. The van der Waals surface area contributed by atoms with Crippen molar-refractivity contribution in [2.75, 3.05) is 25.0 Å². The van der Waals surface area contributed by atoms with Crippen molar-refractivity contribution in [1.29, 1.82) is 0 Å². The zero-order valence-electron chi connectivity index (χ0n) is 20.7. The molecule has 204 valence electrons. The maximum absolute atomic E-state index is 15.2. The minimum atomic E-state index is -2.86. The molecule has 4 rings (SSSR count). The van der Waals surface area contributed by atoms with E-state index in [2.05, 4.69) is 5.32 Å². The summed E-state index contributed by atoms with van der Waals surface area (Å²) in [5, 5.41) is 46.4. The lowest BCUT2D eigenvalue weighted by Gasteiger charge is -2.48. The number of anilines is 1. The van der Waals surface area contributed by atoms with Crippen molar-refractivity contribution in [3.05, 3.63) is 39.9 Å². The summed E-state index contributed by atoms with van der Waals surface area (Å²) in [6, 6.07) is -0.689. The zero-order chi connectivity index (χ0) is 28.3. The molecule has 13 heteroatoms. The summed E-state index contributed by atoms with van der Waals surface area (Å²) in [6.45, 7) is 4.80. The number of likely N-dealkylation sites (N-methyl/N-ethyl adjacent to an activating group) is 1. The number of hydrogen-bond donors (Lipinski definition) is 7. The number of aliphatic hydroxyl groups excluding tert-OH is 2. The highest BCUT2D eigenvalue weighted by molar-refractivity contribution is 6.24. The van der Waals surface area contributed by atoms with Crippen LogP contribution in [0.2, 0.25) is 0 Å². The van der Waals surface area contributed by atoms with Crippen molar-refractivity contribution >= 4 is 34.8 Å². The van der Waals surface area contributed by atoms with Crippen molar-refractivity contribution < 1.29 is 44.0 Å². The van der Waals surface area contributed by atoms with Gasteiger partial charge in [0.1, 0.15) is 22.9 Å². The van der Waals surface area contributed by atoms with Crippen LogP contribution in [0.25, 0.3) is 5.76 Å². The number of nitrogens with two attached hydrogens (primary N) is 2. The third kappa shape index (κ3) is 3.85. The lowest BCUT2D eigenvalue weighted by atomic mass is 9.58. The molecule has 1 fully saturated rings. The van der Waals surface area contributed by atoms with E-state index in [0.29, 0.717) is 13.1 Å². The Morgan fingerprint density at radius 3 is 2.42 bits per heavy atom. The second-order valence-electron chi connectivity index (χ2n) is 9.70. The minimum Gasteiger partial charge on any atom is -0.508 e. The number of ketones is 2. The number of hydrogen-bond acceptors (Lipinski definition) is 10. The molecule has 0 unspecified atom stereocenters. The summed E-state index contributed by atoms with van der Waals surface area (Å²) in [5.74, 6) is -10.3. The monoisotopic (exact) mass is 532 g/mol. The number of halogens is 1. The highest BCUT2D eigenvalue weighted by atomic mass is 19.1. The van der Waals surface area contributed by atoms with Crippen LogP contribution in [0.1, 0.15) is 31.4 Å². The fraction of sp³-hybridized carbons (Fsp3) is 0.440. The number of nitrogens with zero attached hydrogens (tertiary/aromatic N) is 1. The number of carbonyl (C=O) groups is 4. The Morgan fingerprint density at radius 1 is 1.21 bits per heavy atom. The summed E-state index contributed by atoms with van der Waals surface area (Å²) >= 11 is 0. The van der Waals surface area contributed by atoms with Gasteiger partial charge in [-0.05, 0) is 31.8 Å². The number of fused-ring (bicyclic) bond motifs is 3. The quantitative estimate of drug-likeness (QED) is 0.189. The molecule has 3 aliphatic rings. The van der Waals surface area contributed by atoms with Gasteiger partial charge in [0.05, 0.1) is 23.8 Å². The van der Waals surface area contributed by atoms with E-state index in [-0.39, 0.29) is 30.6 Å². The number of phenolic OH excluding ortho intramolecular Hbond substituents is 1. The molecule has 1 saturated carbocycles. The van der Waals surface area contributed by atoms with E-state index in [1.165, 1.54) is 0 Å². The third-order valence-electron chi connectivity index (χ3n) is 7.73. The van der Waals surface area contributed by atoms with Gasteiger partial charge < -0.3 is 37.2 Å². The standard InChI is InChI=1S/C25H29FN4O8/c1-3-30(4-2)8-14(31)29-13-7-12(26)10-5-9-6-11-18(27)21(34)17(24(28)37)23(36)25(11,38)22(35)15(9)20(33)16(10)19(13)32/h7,9,11,18,32-33,36,38H,3-6,8,27H2,1-2H3,(H2,28,37)(H,29,31)/t9-,11-,18-,25-/m0/s1. The zero-order valence-corrected chi connectivity index (χ0v) is 20.7. The van der Waals surface area contributed by atoms with Gasteiger partial charge in [-0.1, -0.05) is 13.8 Å². The van der Waals surface area contributed by atoms with E-state index in [1.807, 2.05) is 13.8 Å². The first-order valence-electron chi connectivity index (χ1n) is 12.1. The molecule has 3 aliphatic carbocycles. The van der Waals surface area contributed by atoms with E-state index in [9.17, 15) is 39.6 Å². The Kier molecular flexibility index (Phi) is 6.80. The van der Waals surface area contributed by atoms with Crippen LogP contribution in [-0.4, -0.2) is 80.0 Å². The van der Waals surface area contributed by atoms with Gasteiger partial charge in [0, 0.05) is 23.1 Å². The van der Waals surface area contributed by atoms with Gasteiger partial charge in [-0.25, -0.2) is 4.39 Å². The molecule has 4 atom stereocenters. The second kappa shape index (κ2) is 9.49. The Morgan fingerprint density at radius 2 is 1.84 bits per heavy atom. The van der Waals surface area contributed by atoms with Gasteiger partial charge in [0.15, 0.2) is 17.1 Å². The van der Waals surface area contributed by atoms with Crippen molar-refractivity contribution in [3.8, 4) is 5.75 Å². The van der Waals surface area contributed by atoms with Crippen molar-refractivity contribution in [3.63, 3.8) is 0 Å². The molecule has 0 spiro atoms. The lowest BCUT2D eigenvalue weighted by Crippen LogP contribution is -2.65. The number of aliphatic hydroxyl groups is 3. The molecule has 0 aliphatic heterocycles. The number of aromatic hydroxyl groups is 1. The lowest BCUT2D eigenvalue weighted by molar-refractivity contribution is -0.149. The summed E-state index contributed by atoms with van der Waals surface area (Å²) in [7, 11) is 0. The first-order valence-corrected chi connectivity index (χ1v) is 12.1. The van der Waals surface area contributed by atoms with Crippen LogP contribution in [0.5, 0.6) is 5.75 Å². The fourth-order valence-corrected chi connectivity index (χ4v) is 5.67. The second-order valence-corrected chi connectivity index (χ2v) is 9.70. The first kappa shape index (κ1) is 27.2. The highest BCUT2D eigenvalue weighted by Gasteiger charge is 2.63. The maximum Gasteiger partial charge on any atom is 0.255 e. The molecule has 2 amide bonds. The van der Waals surface area contributed by atoms with E-state index >= 15 is 4.39 Å². The van der Waals surface area contributed by atoms with Crippen LogP contribution in [0.4, 0.5) is 10.1 Å². The topological polar surface area (TPSA) is 217 Å². The number of primary amides is 1. The number of carbonyl (C=O) groups excluding carboxylic acids is 4. The number of rotatable bonds is 6. The number of Topliss-reactive ketones (excluding diaryl/α,β-unsaturated/α-hetero) is 2. The molecule has 0 heterocycles. The van der Waals surface area contributed by atoms with Crippen molar-refractivity contribution in [1.82, 2.24) is 4.90 Å². The molecule has 12 nitrogen and oxygen atoms in total. The summed E-state index contributed by atoms with van der Waals surface area (Å²) < 4.78 is 15.2. The number of benzene rings is 1. The largest absolute Gasteiger partial charge is 0.508 e. The number of amides is 2. The Balaban J connectivity index is 1.82. The van der Waals surface area contributed by atoms with Crippen LogP contribution < -0.4 is 16.8 Å². The van der Waals surface area contributed by atoms with Crippen LogP contribution in [0.15, 0.2) is 23.0 Å². The predicted octanol–water partition coefficient (Wildman–Crippen LogP) is -0.219. The van der Waals surface area contributed by atoms with Crippen LogP contribution in [0.3, 0.4) is 0 Å². The van der Waals surface area contributed by atoms with Gasteiger partial charge in [0.25, 0.3) is 5.91 Å². The summed E-state index contributed by atoms with van der Waals surface area (Å²) in [6.07, 6.45) is -0.471. The average molecular weight is 533 g/mol. The van der Waals surface area contributed by atoms with Gasteiger partial charge >= 0.3 is 0 Å². The van der Waals surface area contributed by atoms with Gasteiger partial charge in [-0.3, -0.25) is 24.1 Å². The molecule has 1 aromatic carbocycles. The maximum atomic E-state index is 15.2. The van der Waals surface area contributed by atoms with Crippen molar-refractivity contribution in [2.24, 2.45) is 23.3 Å². The third-order valence-corrected chi connectivity index (χ3v) is 7.73. The van der Waals surface area contributed by atoms with E-state index in [0.717, 1.165) is 6.07 Å². The molecule has 38 heavy (non-hydrogen) atoms. The number of nitrogens with one attached hydrogen (secondary N) is 1. The normalized spacial score (nSPS) is 26.7.